The summed E-state index contributed by atoms with van der Waals surface area (Å²) in [4.78, 5) is 0. The maximum absolute atomic E-state index is 11.5. The van der Waals surface area contributed by atoms with E-state index in [0.717, 1.165) is 23.5 Å². The van der Waals surface area contributed by atoms with Gasteiger partial charge < -0.3 is 14.8 Å². The van der Waals surface area contributed by atoms with Crippen molar-refractivity contribution in [1.82, 2.24) is 5.32 Å². The maximum Gasteiger partial charge on any atom is 0.151 e. The largest absolute Gasteiger partial charge is 0.496 e. The molecule has 0 radical (unpaired) electrons. The minimum Gasteiger partial charge on any atom is -0.496 e. The van der Waals surface area contributed by atoms with Gasteiger partial charge in [-0.1, -0.05) is 0 Å². The molecule has 21 heavy (non-hydrogen) atoms. The van der Waals surface area contributed by atoms with Crippen molar-refractivity contribution in [3.05, 3.63) is 23.3 Å². The summed E-state index contributed by atoms with van der Waals surface area (Å²) in [6.07, 6.45) is 1.79. The predicted molar refractivity (Wildman–Crippen MR) is 80.7 cm³/mol. The molecule has 1 N–H and O–H groups in total. The van der Waals surface area contributed by atoms with Crippen LogP contribution in [0.1, 0.15) is 24.5 Å². The van der Waals surface area contributed by atoms with E-state index >= 15 is 0 Å². The molecule has 3 rings (SSSR count). The fourth-order valence-electron chi connectivity index (χ4n) is 3.02. The summed E-state index contributed by atoms with van der Waals surface area (Å²) < 4.78 is 34.2. The molecule has 0 saturated carbocycles. The molecule has 0 spiro atoms. The first-order valence-electron chi connectivity index (χ1n) is 7.27. The normalized spacial score (nSPS) is 26.4. The van der Waals surface area contributed by atoms with Crippen molar-refractivity contribution in [3.63, 3.8) is 0 Å². The van der Waals surface area contributed by atoms with Crippen LogP contribution in [-0.4, -0.2) is 39.2 Å². The molecule has 2 atom stereocenters. The van der Waals surface area contributed by atoms with Gasteiger partial charge in [0.2, 0.25) is 0 Å². The second-order valence-corrected chi connectivity index (χ2v) is 8.11. The van der Waals surface area contributed by atoms with Crippen LogP contribution >= 0.6 is 0 Å². The van der Waals surface area contributed by atoms with Gasteiger partial charge in [-0.15, -0.1) is 0 Å². The molecule has 0 amide bonds. The van der Waals surface area contributed by atoms with E-state index in [4.69, 9.17) is 9.47 Å². The molecule has 0 aliphatic carbocycles. The Balaban J connectivity index is 1.72. The van der Waals surface area contributed by atoms with E-state index in [-0.39, 0.29) is 23.7 Å². The number of hydrogen-bond acceptors (Lipinski definition) is 5. The topological polar surface area (TPSA) is 64.6 Å². The van der Waals surface area contributed by atoms with Gasteiger partial charge in [0.1, 0.15) is 17.6 Å². The molecule has 0 unspecified atom stereocenters. The van der Waals surface area contributed by atoms with Crippen molar-refractivity contribution in [2.75, 3.05) is 18.6 Å². The van der Waals surface area contributed by atoms with Crippen LogP contribution in [0.3, 0.4) is 0 Å². The Hall–Kier alpha value is -1.27. The number of sulfone groups is 1. The Labute approximate surface area is 125 Å². The summed E-state index contributed by atoms with van der Waals surface area (Å²) >= 11 is 0. The number of fused-ring (bicyclic) bond motifs is 1. The lowest BCUT2D eigenvalue weighted by atomic mass is 10.1. The second-order valence-electron chi connectivity index (χ2n) is 5.89. The third-order valence-electron chi connectivity index (χ3n) is 4.11. The quantitative estimate of drug-likeness (QED) is 0.908. The number of benzene rings is 1. The minimum absolute atomic E-state index is 0.0350. The second kappa shape index (κ2) is 5.50. The summed E-state index contributed by atoms with van der Waals surface area (Å²) in [5.74, 6) is 2.26. The molecule has 1 aromatic rings. The lowest BCUT2D eigenvalue weighted by molar-refractivity contribution is 0.254. The van der Waals surface area contributed by atoms with Gasteiger partial charge in [0, 0.05) is 30.1 Å². The van der Waals surface area contributed by atoms with Crippen LogP contribution in [0, 0.1) is 0 Å². The van der Waals surface area contributed by atoms with Crippen LogP contribution in [-0.2, 0) is 22.8 Å². The Bertz CT molecular complexity index is 641. The molecule has 0 aromatic heterocycles. The Kier molecular flexibility index (Phi) is 3.84. The minimum atomic E-state index is -2.85. The summed E-state index contributed by atoms with van der Waals surface area (Å²) in [6.45, 7) is 2.64. The highest BCUT2D eigenvalue weighted by molar-refractivity contribution is 7.91. The molecule has 5 nitrogen and oxygen atoms in total. The fraction of sp³-hybridized carbons (Fsp3) is 0.600. The molecular formula is C15H21NO4S. The SMILES string of the molecule is COc1cc2c(cc1CN[C@H]1CCS(=O)(=O)C1)O[C@H](C)C2. The van der Waals surface area contributed by atoms with Crippen LogP contribution in [0.4, 0.5) is 0 Å². The van der Waals surface area contributed by atoms with Crippen molar-refractivity contribution >= 4 is 9.84 Å². The standard InChI is InChI=1S/C15H21NO4S/c1-10-5-11-6-14(19-2)12(7-15(11)20-10)8-16-13-3-4-21(17,18)9-13/h6-7,10,13,16H,3-5,8-9H2,1-2H3/t10-,13+/m1/s1. The average molecular weight is 311 g/mol. The van der Waals surface area contributed by atoms with Crippen LogP contribution in [0.5, 0.6) is 11.5 Å². The summed E-state index contributed by atoms with van der Waals surface area (Å²) in [7, 11) is -1.19. The molecule has 0 bridgehead atoms. The van der Waals surface area contributed by atoms with Gasteiger partial charge in [0.15, 0.2) is 9.84 Å². The molecule has 2 aliphatic heterocycles. The van der Waals surface area contributed by atoms with Gasteiger partial charge in [-0.25, -0.2) is 8.42 Å². The van der Waals surface area contributed by atoms with Crippen molar-refractivity contribution in [1.29, 1.82) is 0 Å². The van der Waals surface area contributed by atoms with E-state index in [2.05, 4.69) is 5.32 Å². The molecular weight excluding hydrogens is 290 g/mol. The van der Waals surface area contributed by atoms with E-state index in [0.29, 0.717) is 13.0 Å². The molecule has 1 fully saturated rings. The molecule has 2 aliphatic rings. The summed E-state index contributed by atoms with van der Waals surface area (Å²) in [5, 5.41) is 3.32. The van der Waals surface area contributed by atoms with Crippen molar-refractivity contribution in [3.8, 4) is 11.5 Å². The zero-order valence-electron chi connectivity index (χ0n) is 12.4. The Morgan fingerprint density at radius 1 is 1.43 bits per heavy atom. The summed E-state index contributed by atoms with van der Waals surface area (Å²) in [5.41, 5.74) is 2.18. The number of rotatable bonds is 4. The number of methoxy groups -OCH3 is 1. The van der Waals surface area contributed by atoms with Gasteiger partial charge in [0.05, 0.1) is 18.6 Å². The lowest BCUT2D eigenvalue weighted by Gasteiger charge is -2.14. The van der Waals surface area contributed by atoms with Crippen LogP contribution in [0.15, 0.2) is 12.1 Å². The van der Waals surface area contributed by atoms with E-state index in [9.17, 15) is 8.42 Å². The third-order valence-corrected chi connectivity index (χ3v) is 5.88. The van der Waals surface area contributed by atoms with E-state index in [1.807, 2.05) is 19.1 Å². The Morgan fingerprint density at radius 3 is 2.90 bits per heavy atom. The van der Waals surface area contributed by atoms with E-state index in [1.165, 1.54) is 5.56 Å². The zero-order chi connectivity index (χ0) is 15.0. The monoisotopic (exact) mass is 311 g/mol. The number of nitrogens with one attached hydrogen (secondary N) is 1. The van der Waals surface area contributed by atoms with E-state index < -0.39 is 9.84 Å². The maximum atomic E-state index is 11.5. The molecule has 116 valence electrons. The molecule has 6 heteroatoms. The van der Waals surface area contributed by atoms with Crippen molar-refractivity contribution in [2.24, 2.45) is 0 Å². The Morgan fingerprint density at radius 2 is 2.24 bits per heavy atom. The molecule has 2 heterocycles. The smallest absolute Gasteiger partial charge is 0.151 e. The van der Waals surface area contributed by atoms with Gasteiger partial charge in [-0.2, -0.15) is 0 Å². The first kappa shape index (κ1) is 14.7. The van der Waals surface area contributed by atoms with Gasteiger partial charge >= 0.3 is 0 Å². The van der Waals surface area contributed by atoms with Crippen molar-refractivity contribution in [2.45, 2.75) is 38.5 Å². The number of ether oxygens (including phenoxy) is 2. The first-order valence-corrected chi connectivity index (χ1v) is 9.09. The zero-order valence-corrected chi connectivity index (χ0v) is 13.2. The van der Waals surface area contributed by atoms with Crippen molar-refractivity contribution < 1.29 is 17.9 Å². The lowest BCUT2D eigenvalue weighted by Crippen LogP contribution is -2.29. The van der Waals surface area contributed by atoms with Crippen LogP contribution in [0.2, 0.25) is 0 Å². The predicted octanol–water partition coefficient (Wildman–Crippen LogP) is 1.30. The highest BCUT2D eigenvalue weighted by Gasteiger charge is 2.28. The van der Waals surface area contributed by atoms with Gasteiger partial charge in [-0.3, -0.25) is 0 Å². The van der Waals surface area contributed by atoms with Crippen LogP contribution < -0.4 is 14.8 Å². The fourth-order valence-corrected chi connectivity index (χ4v) is 4.73. The third kappa shape index (κ3) is 3.16. The summed E-state index contributed by atoms with van der Waals surface area (Å²) in [6, 6.07) is 4.07. The van der Waals surface area contributed by atoms with Gasteiger partial charge in [-0.05, 0) is 25.5 Å². The van der Waals surface area contributed by atoms with Crippen LogP contribution in [0.25, 0.3) is 0 Å². The molecule has 1 aromatic carbocycles. The number of hydrogen-bond donors (Lipinski definition) is 1. The average Bonchev–Trinajstić information content (AvgIpc) is 2.95. The highest BCUT2D eigenvalue weighted by Crippen LogP contribution is 2.35. The highest BCUT2D eigenvalue weighted by atomic mass is 32.2. The van der Waals surface area contributed by atoms with E-state index in [1.54, 1.807) is 7.11 Å². The molecule has 1 saturated heterocycles. The van der Waals surface area contributed by atoms with Gasteiger partial charge in [0.25, 0.3) is 0 Å². The first-order chi connectivity index (χ1) is 9.97.